The molecule has 0 saturated carbocycles. The molecule has 0 aliphatic heterocycles. The van der Waals surface area contributed by atoms with Crippen LogP contribution in [0.1, 0.15) is 40.0 Å². The molecule has 2 rings (SSSR count). The lowest BCUT2D eigenvalue weighted by Crippen LogP contribution is -2.45. The fourth-order valence-corrected chi connectivity index (χ4v) is 3.52. The van der Waals surface area contributed by atoms with Crippen LogP contribution < -0.4 is 32.7 Å². The molecule has 0 radical (unpaired) electrons. The number of nitrogens with zero attached hydrogens (tertiary/aromatic N) is 1. The number of likely N-dealkylation sites (N-methyl/N-ethyl adjacent to an activating group) is 1. The number of carbonyl (C=O) groups excluding carboxylic acids is 5. The largest absolute Gasteiger partial charge is 0.471 e. The van der Waals surface area contributed by atoms with Gasteiger partial charge >= 0.3 is 12.1 Å². The SMILES string of the molecule is CN/C(C(=O)N[C@H](C)c1cccc(C(C=NCc2cccc(C(N)=O)c2)=CN)c1)=C(/NC(=O)C(F)(F)F)C(=O)NC=O. The first-order chi connectivity index (χ1) is 19.8. The van der Waals surface area contributed by atoms with Gasteiger partial charge in [-0.3, -0.25) is 34.3 Å². The highest BCUT2D eigenvalue weighted by molar-refractivity contribution is 6.10. The second kappa shape index (κ2) is 14.8. The summed E-state index contributed by atoms with van der Waals surface area (Å²) in [4.78, 5) is 63.0. The molecule has 0 aliphatic carbocycles. The van der Waals surface area contributed by atoms with E-state index in [1.807, 2.05) is 0 Å². The van der Waals surface area contributed by atoms with Crippen LogP contribution in [-0.2, 0) is 25.7 Å². The maximum atomic E-state index is 12.9. The Bertz CT molecular complexity index is 1450. The number of nitrogens with one attached hydrogen (secondary N) is 4. The standard InChI is InChI=1S/C27H28F3N7O5/c1-15(36-25(41)21(33-2)22(24(40)35-14-38)37-26(42)27(28,29)30)17-6-4-7-18(10-17)20(11-31)13-34-12-16-5-3-8-19(9-16)23(32)39/h3-11,13-15,33H,12,31H2,1-2H3,(H2,32,39)(H,36,41)(H,37,42)(H,35,38,40)/b20-11?,22-21+,34-13?/t15-/m1/s1. The molecule has 8 N–H and O–H groups in total. The molecular weight excluding hydrogens is 559 g/mol. The minimum atomic E-state index is -5.37. The number of hydrogen-bond acceptors (Lipinski definition) is 8. The Labute approximate surface area is 238 Å². The maximum Gasteiger partial charge on any atom is 0.471 e. The Morgan fingerprint density at radius 3 is 2.26 bits per heavy atom. The van der Waals surface area contributed by atoms with E-state index >= 15 is 0 Å². The molecule has 0 fully saturated rings. The number of hydrogen-bond donors (Lipinski definition) is 6. The van der Waals surface area contributed by atoms with E-state index in [1.54, 1.807) is 60.8 Å². The number of primary amides is 1. The van der Waals surface area contributed by atoms with Crippen molar-refractivity contribution in [2.24, 2.45) is 16.5 Å². The van der Waals surface area contributed by atoms with E-state index in [4.69, 9.17) is 11.5 Å². The first-order valence-corrected chi connectivity index (χ1v) is 12.1. The van der Waals surface area contributed by atoms with E-state index in [9.17, 15) is 37.1 Å². The van der Waals surface area contributed by atoms with Crippen molar-refractivity contribution in [3.8, 4) is 0 Å². The third kappa shape index (κ3) is 9.04. The van der Waals surface area contributed by atoms with E-state index in [0.29, 0.717) is 22.3 Å². The van der Waals surface area contributed by atoms with Gasteiger partial charge in [-0.05, 0) is 41.8 Å². The summed E-state index contributed by atoms with van der Waals surface area (Å²) in [7, 11) is 1.13. The van der Waals surface area contributed by atoms with Crippen molar-refractivity contribution in [1.82, 2.24) is 21.3 Å². The Morgan fingerprint density at radius 2 is 1.67 bits per heavy atom. The highest BCUT2D eigenvalue weighted by atomic mass is 19.4. The number of alkyl halides is 3. The van der Waals surface area contributed by atoms with Gasteiger partial charge in [-0.2, -0.15) is 13.2 Å². The van der Waals surface area contributed by atoms with Crippen molar-refractivity contribution in [3.05, 3.63) is 88.4 Å². The van der Waals surface area contributed by atoms with Crippen LogP contribution in [0.25, 0.3) is 5.57 Å². The van der Waals surface area contributed by atoms with Crippen LogP contribution in [0.4, 0.5) is 13.2 Å². The number of aliphatic imine (C=N–C) groups is 1. The zero-order valence-electron chi connectivity index (χ0n) is 22.4. The molecule has 15 heteroatoms. The summed E-state index contributed by atoms with van der Waals surface area (Å²) in [6.45, 7) is 1.80. The summed E-state index contributed by atoms with van der Waals surface area (Å²) in [5.41, 5.74) is 12.0. The zero-order chi connectivity index (χ0) is 31.4. The summed E-state index contributed by atoms with van der Waals surface area (Å²) in [5.74, 6) is -5.59. The number of allylic oxidation sites excluding steroid dienone is 1. The minimum Gasteiger partial charge on any atom is -0.404 e. The quantitative estimate of drug-likeness (QED) is 0.120. The van der Waals surface area contributed by atoms with E-state index < -0.39 is 47.2 Å². The lowest BCUT2D eigenvalue weighted by atomic mass is 10.0. The normalized spacial score (nSPS) is 13.0. The smallest absolute Gasteiger partial charge is 0.404 e. The van der Waals surface area contributed by atoms with Gasteiger partial charge in [-0.25, -0.2) is 0 Å². The van der Waals surface area contributed by atoms with E-state index in [1.165, 1.54) is 17.7 Å². The summed E-state index contributed by atoms with van der Waals surface area (Å²) in [6.07, 6.45) is -2.66. The second-order valence-corrected chi connectivity index (χ2v) is 8.52. The van der Waals surface area contributed by atoms with Crippen LogP contribution in [-0.4, -0.2) is 49.5 Å². The first-order valence-electron chi connectivity index (χ1n) is 12.1. The number of rotatable bonds is 12. The molecule has 2 aromatic rings. The molecule has 0 heterocycles. The predicted molar refractivity (Wildman–Crippen MR) is 147 cm³/mol. The van der Waals surface area contributed by atoms with Crippen LogP contribution in [0.3, 0.4) is 0 Å². The van der Waals surface area contributed by atoms with Crippen LogP contribution in [0, 0.1) is 0 Å². The van der Waals surface area contributed by atoms with Gasteiger partial charge in [0.15, 0.2) is 0 Å². The number of benzene rings is 2. The van der Waals surface area contributed by atoms with Gasteiger partial charge in [-0.1, -0.05) is 30.3 Å². The molecule has 1 atom stereocenters. The van der Waals surface area contributed by atoms with E-state index in [2.05, 4.69) is 15.6 Å². The zero-order valence-corrected chi connectivity index (χ0v) is 22.4. The number of halogens is 3. The molecule has 222 valence electrons. The predicted octanol–water partition coefficient (Wildman–Crippen LogP) is 0.915. The summed E-state index contributed by atoms with van der Waals surface area (Å²) < 4.78 is 38.4. The molecular formula is C27H28F3N7O5. The molecule has 0 unspecified atom stereocenters. The first kappa shape index (κ1) is 32.7. The Kier molecular flexibility index (Phi) is 11.5. The van der Waals surface area contributed by atoms with E-state index in [-0.39, 0.29) is 13.0 Å². The summed E-state index contributed by atoms with van der Waals surface area (Å²) in [5, 5.41) is 7.71. The van der Waals surface area contributed by atoms with Crippen molar-refractivity contribution in [2.75, 3.05) is 7.05 Å². The molecule has 0 saturated heterocycles. The van der Waals surface area contributed by atoms with Crippen molar-refractivity contribution < 1.29 is 37.1 Å². The van der Waals surface area contributed by atoms with Crippen molar-refractivity contribution >= 4 is 41.8 Å². The fourth-order valence-electron chi connectivity index (χ4n) is 3.52. The lowest BCUT2D eigenvalue weighted by Gasteiger charge is -2.19. The van der Waals surface area contributed by atoms with Crippen LogP contribution >= 0.6 is 0 Å². The molecule has 0 bridgehead atoms. The Balaban J connectivity index is 2.27. The molecule has 5 amide bonds. The monoisotopic (exact) mass is 587 g/mol. The van der Waals surface area contributed by atoms with Crippen LogP contribution in [0.15, 0.2) is 71.1 Å². The van der Waals surface area contributed by atoms with Crippen LogP contribution in [0.2, 0.25) is 0 Å². The van der Waals surface area contributed by atoms with Crippen LogP contribution in [0.5, 0.6) is 0 Å². The molecule has 42 heavy (non-hydrogen) atoms. The van der Waals surface area contributed by atoms with Crippen molar-refractivity contribution in [1.29, 1.82) is 0 Å². The molecule has 2 aromatic carbocycles. The highest BCUT2D eigenvalue weighted by Gasteiger charge is 2.40. The van der Waals surface area contributed by atoms with Crippen molar-refractivity contribution in [2.45, 2.75) is 25.7 Å². The molecule has 0 aromatic heterocycles. The average molecular weight is 588 g/mol. The average Bonchev–Trinajstić information content (AvgIpc) is 2.94. The maximum absolute atomic E-state index is 12.9. The van der Waals surface area contributed by atoms with Gasteiger partial charge in [0.1, 0.15) is 11.4 Å². The van der Waals surface area contributed by atoms with Gasteiger partial charge < -0.3 is 27.4 Å². The fraction of sp³-hybridized carbons (Fsp3) is 0.185. The number of nitrogens with two attached hydrogens (primary N) is 2. The minimum absolute atomic E-state index is 0.120. The van der Waals surface area contributed by atoms with Gasteiger partial charge in [0, 0.05) is 30.6 Å². The summed E-state index contributed by atoms with van der Waals surface area (Å²) in [6, 6.07) is 12.6. The van der Waals surface area contributed by atoms with Gasteiger partial charge in [-0.15, -0.1) is 0 Å². The lowest BCUT2D eigenvalue weighted by molar-refractivity contribution is -0.173. The third-order valence-corrected chi connectivity index (χ3v) is 5.60. The van der Waals surface area contributed by atoms with Crippen molar-refractivity contribution in [3.63, 3.8) is 0 Å². The number of carbonyl (C=O) groups is 5. The highest BCUT2D eigenvalue weighted by Crippen LogP contribution is 2.20. The number of imide groups is 1. The molecule has 0 spiro atoms. The Hall–Kier alpha value is -5.47. The van der Waals surface area contributed by atoms with E-state index in [0.717, 1.165) is 12.6 Å². The Morgan fingerprint density at radius 1 is 1.00 bits per heavy atom. The summed E-state index contributed by atoms with van der Waals surface area (Å²) >= 11 is 0. The second-order valence-electron chi connectivity index (χ2n) is 8.52. The van der Waals surface area contributed by atoms with Gasteiger partial charge in [0.2, 0.25) is 12.3 Å². The van der Waals surface area contributed by atoms with Gasteiger partial charge in [0.05, 0.1) is 12.6 Å². The number of amides is 5. The third-order valence-electron chi connectivity index (χ3n) is 5.60. The van der Waals surface area contributed by atoms with Gasteiger partial charge in [0.25, 0.3) is 11.8 Å². The topological polar surface area (TPSA) is 198 Å². The molecule has 0 aliphatic rings. The molecule has 12 nitrogen and oxygen atoms in total.